The lowest BCUT2D eigenvalue weighted by Gasteiger charge is -2.33. The molecule has 1 aromatic carbocycles. The van der Waals surface area contributed by atoms with Crippen LogP contribution in [0.4, 0.5) is 0 Å². The molecule has 1 atom stereocenters. The van der Waals surface area contributed by atoms with E-state index in [1.54, 1.807) is 26.8 Å². The average molecular weight is 509 g/mol. The summed E-state index contributed by atoms with van der Waals surface area (Å²) in [6.45, 7) is 5.48. The number of phenols is 1. The summed E-state index contributed by atoms with van der Waals surface area (Å²) >= 11 is 0. The highest BCUT2D eigenvalue weighted by molar-refractivity contribution is 7.89. The van der Waals surface area contributed by atoms with Crippen molar-refractivity contribution >= 4 is 15.9 Å². The second-order valence-corrected chi connectivity index (χ2v) is 11.4. The van der Waals surface area contributed by atoms with Crippen molar-refractivity contribution in [3.8, 4) is 17.2 Å². The summed E-state index contributed by atoms with van der Waals surface area (Å²) in [6.07, 6.45) is 0.790. The van der Waals surface area contributed by atoms with Crippen molar-refractivity contribution in [2.24, 2.45) is 0 Å². The summed E-state index contributed by atoms with van der Waals surface area (Å²) in [5.41, 5.74) is -0.129. The van der Waals surface area contributed by atoms with Crippen LogP contribution in [-0.2, 0) is 14.8 Å². The Morgan fingerprint density at radius 2 is 1.89 bits per heavy atom. The topological polar surface area (TPSA) is 146 Å². The van der Waals surface area contributed by atoms with Gasteiger partial charge in [0.1, 0.15) is 5.76 Å². The van der Waals surface area contributed by atoms with Gasteiger partial charge in [-0.15, -0.1) is 0 Å². The Hall–Kier alpha value is -3.05. The predicted molar refractivity (Wildman–Crippen MR) is 129 cm³/mol. The van der Waals surface area contributed by atoms with Crippen molar-refractivity contribution in [2.75, 3.05) is 20.2 Å². The number of aryl methyl sites for hydroxylation is 1. The van der Waals surface area contributed by atoms with Crippen LogP contribution in [0.2, 0.25) is 0 Å². The first-order valence-corrected chi connectivity index (χ1v) is 12.9. The molecule has 0 bridgehead atoms. The zero-order valence-corrected chi connectivity index (χ0v) is 21.1. The lowest BCUT2D eigenvalue weighted by Crippen LogP contribution is -2.48. The van der Waals surface area contributed by atoms with Gasteiger partial charge in [-0.05, 0) is 51.3 Å². The summed E-state index contributed by atoms with van der Waals surface area (Å²) in [6, 6.07) is 5.42. The monoisotopic (exact) mass is 508 g/mol. The number of phenolic OH excluding ortho intramolecular Hbond substituents is 1. The molecule has 0 aliphatic carbocycles. The molecule has 0 unspecified atom stereocenters. The van der Waals surface area contributed by atoms with Crippen molar-refractivity contribution in [3.05, 3.63) is 51.6 Å². The lowest BCUT2D eigenvalue weighted by molar-refractivity contribution is -0.122. The molecular weight excluding hydrogens is 476 g/mol. The Bertz CT molecular complexity index is 1230. The van der Waals surface area contributed by atoms with Crippen molar-refractivity contribution in [2.45, 2.75) is 57.2 Å². The number of aromatic hydroxyl groups is 2. The van der Waals surface area contributed by atoms with E-state index in [1.807, 2.05) is 0 Å². The molecule has 0 spiro atoms. The highest BCUT2D eigenvalue weighted by atomic mass is 32.2. The maximum Gasteiger partial charge on any atom is 0.227 e. The predicted octanol–water partition coefficient (Wildman–Crippen LogP) is 2.21. The van der Waals surface area contributed by atoms with Gasteiger partial charge < -0.3 is 24.7 Å². The Balaban J connectivity index is 1.81. The van der Waals surface area contributed by atoms with E-state index in [0.717, 1.165) is 6.07 Å². The van der Waals surface area contributed by atoms with E-state index in [9.17, 15) is 28.2 Å². The molecule has 3 rings (SSSR count). The molecule has 2 heterocycles. The first-order valence-electron chi connectivity index (χ1n) is 11.4. The number of amides is 1. The number of benzene rings is 1. The van der Waals surface area contributed by atoms with Crippen molar-refractivity contribution in [1.29, 1.82) is 0 Å². The molecule has 2 aromatic rings. The Labute approximate surface area is 204 Å². The number of hydrogen-bond donors (Lipinski definition) is 3. The fourth-order valence-corrected chi connectivity index (χ4v) is 5.48. The minimum absolute atomic E-state index is 0.0595. The summed E-state index contributed by atoms with van der Waals surface area (Å²) in [5.74, 6) is -1.49. The molecule has 11 heteroatoms. The van der Waals surface area contributed by atoms with Crippen LogP contribution >= 0.6 is 0 Å². The lowest BCUT2D eigenvalue weighted by atomic mass is 9.91. The molecule has 1 aliphatic heterocycles. The summed E-state index contributed by atoms with van der Waals surface area (Å²) in [5, 5.41) is 22.8. The Morgan fingerprint density at radius 1 is 1.23 bits per heavy atom. The van der Waals surface area contributed by atoms with E-state index in [0.29, 0.717) is 31.5 Å². The minimum atomic E-state index is -3.35. The number of methoxy groups -OCH3 is 1. The third-order valence-electron chi connectivity index (χ3n) is 6.16. The maximum atomic E-state index is 13.0. The zero-order chi connectivity index (χ0) is 25.9. The highest BCUT2D eigenvalue weighted by Gasteiger charge is 2.32. The molecule has 3 N–H and O–H groups in total. The number of piperidine rings is 1. The van der Waals surface area contributed by atoms with Gasteiger partial charge in [0.2, 0.25) is 27.1 Å². The number of nitrogens with one attached hydrogen (secondary N) is 1. The van der Waals surface area contributed by atoms with Gasteiger partial charge in [-0.2, -0.15) is 0 Å². The number of rotatable bonds is 8. The van der Waals surface area contributed by atoms with Crippen LogP contribution in [0.3, 0.4) is 0 Å². The van der Waals surface area contributed by atoms with Crippen molar-refractivity contribution in [1.82, 2.24) is 9.62 Å². The molecule has 0 radical (unpaired) electrons. The summed E-state index contributed by atoms with van der Waals surface area (Å²) in [4.78, 5) is 25.2. The van der Waals surface area contributed by atoms with Gasteiger partial charge in [0.15, 0.2) is 17.3 Å². The molecule has 10 nitrogen and oxygen atoms in total. The molecule has 35 heavy (non-hydrogen) atoms. The molecule has 1 fully saturated rings. The van der Waals surface area contributed by atoms with Gasteiger partial charge in [-0.25, -0.2) is 12.7 Å². The Morgan fingerprint density at radius 3 is 2.49 bits per heavy atom. The smallest absolute Gasteiger partial charge is 0.227 e. The van der Waals surface area contributed by atoms with Gasteiger partial charge in [0.25, 0.3) is 0 Å². The molecule has 192 valence electrons. The fourth-order valence-electron chi connectivity index (χ4n) is 4.16. The van der Waals surface area contributed by atoms with Crippen LogP contribution < -0.4 is 15.5 Å². The minimum Gasteiger partial charge on any atom is -0.504 e. The first-order chi connectivity index (χ1) is 16.4. The number of ether oxygens (including phenoxy) is 1. The third-order valence-corrected chi connectivity index (χ3v) is 8.44. The highest BCUT2D eigenvalue weighted by Crippen LogP contribution is 2.37. The van der Waals surface area contributed by atoms with E-state index in [4.69, 9.17) is 9.15 Å². The Kier molecular flexibility index (Phi) is 8.11. The number of sulfonamides is 1. The standard InChI is InChI=1S/C24H32N2O8S/c1-14(2)35(31,32)26-9-7-17(8-10-26)25-22(29)13-18(16-5-6-19(27)21(12-16)33-4)24-23(30)20(28)11-15(3)34-24/h5-6,11-12,14,17-18,27,30H,7-10,13H2,1-4H3,(H,25,29)/t18-/m1/s1. The van der Waals surface area contributed by atoms with Gasteiger partial charge in [0.05, 0.1) is 18.3 Å². The molecular formula is C24H32N2O8S. The van der Waals surface area contributed by atoms with Crippen LogP contribution in [0.1, 0.15) is 56.1 Å². The van der Waals surface area contributed by atoms with Crippen molar-refractivity contribution < 1.29 is 32.6 Å². The number of carbonyl (C=O) groups excluding carboxylic acids is 1. The van der Waals surface area contributed by atoms with Gasteiger partial charge in [0, 0.05) is 31.6 Å². The molecule has 1 aliphatic rings. The van der Waals surface area contributed by atoms with Crippen LogP contribution in [0.15, 0.2) is 33.5 Å². The van der Waals surface area contributed by atoms with E-state index in [-0.39, 0.29) is 41.4 Å². The molecule has 0 saturated carbocycles. The molecule has 1 aromatic heterocycles. The largest absolute Gasteiger partial charge is 0.504 e. The van der Waals surface area contributed by atoms with Crippen LogP contribution in [0.25, 0.3) is 0 Å². The van der Waals surface area contributed by atoms with Gasteiger partial charge >= 0.3 is 0 Å². The quantitative estimate of drug-likeness (QED) is 0.492. The average Bonchev–Trinajstić information content (AvgIpc) is 2.80. The van der Waals surface area contributed by atoms with Gasteiger partial charge in [-0.3, -0.25) is 9.59 Å². The molecule has 1 amide bonds. The fraction of sp³-hybridized carbons (Fsp3) is 0.500. The summed E-state index contributed by atoms with van der Waals surface area (Å²) < 4.78 is 37.1. The second kappa shape index (κ2) is 10.7. The molecule has 1 saturated heterocycles. The number of carbonyl (C=O) groups is 1. The van der Waals surface area contributed by atoms with Crippen LogP contribution in [0, 0.1) is 6.92 Å². The third kappa shape index (κ3) is 5.96. The SMILES string of the molecule is COc1cc([C@@H](CC(=O)NC2CCN(S(=O)(=O)C(C)C)CC2)c2oc(C)cc(=O)c2O)ccc1O. The first kappa shape index (κ1) is 26.6. The van der Waals surface area contributed by atoms with E-state index < -0.39 is 32.4 Å². The van der Waals surface area contributed by atoms with E-state index >= 15 is 0 Å². The normalized spacial score (nSPS) is 16.3. The zero-order valence-electron chi connectivity index (χ0n) is 20.3. The van der Waals surface area contributed by atoms with Gasteiger partial charge in [-0.1, -0.05) is 6.07 Å². The number of hydrogen-bond acceptors (Lipinski definition) is 8. The van der Waals surface area contributed by atoms with Crippen molar-refractivity contribution in [3.63, 3.8) is 0 Å². The van der Waals surface area contributed by atoms with Crippen LogP contribution in [-0.4, -0.2) is 60.3 Å². The number of nitrogens with zero attached hydrogens (tertiary/aromatic N) is 1. The summed E-state index contributed by atoms with van der Waals surface area (Å²) in [7, 11) is -1.96. The maximum absolute atomic E-state index is 13.0. The van der Waals surface area contributed by atoms with E-state index in [2.05, 4.69) is 5.32 Å². The van der Waals surface area contributed by atoms with Crippen LogP contribution in [0.5, 0.6) is 17.2 Å². The van der Waals surface area contributed by atoms with E-state index in [1.165, 1.54) is 23.5 Å². The second-order valence-electron chi connectivity index (χ2n) is 8.96.